The van der Waals surface area contributed by atoms with Gasteiger partial charge >= 0.3 is 6.09 Å². The van der Waals surface area contributed by atoms with Crippen LogP contribution in [0.25, 0.3) is 0 Å². The van der Waals surface area contributed by atoms with E-state index < -0.39 is 17.8 Å². The van der Waals surface area contributed by atoms with Crippen LogP contribution in [0.3, 0.4) is 0 Å². The van der Waals surface area contributed by atoms with E-state index in [1.165, 1.54) is 7.11 Å². The molecular formula is C15H24N2O4. The average Bonchev–Trinajstić information content (AvgIpc) is 2.36. The number of benzene rings is 1. The number of hydrogen-bond donors (Lipinski definition) is 3. The van der Waals surface area contributed by atoms with Gasteiger partial charge in [-0.2, -0.15) is 0 Å². The minimum Gasteiger partial charge on any atom is -0.496 e. The summed E-state index contributed by atoms with van der Waals surface area (Å²) in [5.74, 6) is 0.562. The Morgan fingerprint density at radius 2 is 2.05 bits per heavy atom. The molecule has 0 saturated heterocycles. The predicted molar refractivity (Wildman–Crippen MR) is 81.7 cm³/mol. The third kappa shape index (κ3) is 5.61. The van der Waals surface area contributed by atoms with Crippen LogP contribution >= 0.6 is 0 Å². The number of aliphatic hydroxyl groups excluding tert-OH is 1. The first-order valence-corrected chi connectivity index (χ1v) is 6.77. The van der Waals surface area contributed by atoms with E-state index in [1.807, 2.05) is 0 Å². The molecule has 0 aromatic heterocycles. The van der Waals surface area contributed by atoms with Gasteiger partial charge in [-0.05, 0) is 46.0 Å². The van der Waals surface area contributed by atoms with Gasteiger partial charge in [-0.25, -0.2) is 4.79 Å². The molecule has 21 heavy (non-hydrogen) atoms. The molecule has 118 valence electrons. The maximum atomic E-state index is 11.7. The van der Waals surface area contributed by atoms with Crippen LogP contribution in [-0.2, 0) is 4.74 Å². The van der Waals surface area contributed by atoms with Gasteiger partial charge in [0.15, 0.2) is 0 Å². The summed E-state index contributed by atoms with van der Waals surface area (Å²) < 4.78 is 10.4. The summed E-state index contributed by atoms with van der Waals surface area (Å²) in [5.41, 5.74) is 0.570. The molecule has 1 aromatic rings. The van der Waals surface area contributed by atoms with Crippen molar-refractivity contribution in [1.29, 1.82) is 0 Å². The molecule has 6 nitrogen and oxygen atoms in total. The first kappa shape index (κ1) is 17.3. The summed E-state index contributed by atoms with van der Waals surface area (Å²) in [4.78, 5) is 11.7. The summed E-state index contributed by atoms with van der Waals surface area (Å²) in [6.07, 6.45) is -1.27. The predicted octanol–water partition coefficient (Wildman–Crippen LogP) is 2.29. The summed E-state index contributed by atoms with van der Waals surface area (Å²) >= 11 is 0. The first-order valence-electron chi connectivity index (χ1n) is 6.77. The van der Waals surface area contributed by atoms with Crippen molar-refractivity contribution in [2.24, 2.45) is 0 Å². The number of anilines is 1. The molecule has 1 unspecified atom stereocenters. The minimum absolute atomic E-state index is 0.381. The average molecular weight is 296 g/mol. The smallest absolute Gasteiger partial charge is 0.412 e. The van der Waals surface area contributed by atoms with Crippen molar-refractivity contribution >= 4 is 11.8 Å². The van der Waals surface area contributed by atoms with Gasteiger partial charge in [0.05, 0.1) is 13.2 Å². The van der Waals surface area contributed by atoms with Crippen LogP contribution in [0.4, 0.5) is 10.5 Å². The third-order valence-corrected chi connectivity index (χ3v) is 2.63. The number of ether oxygens (including phenoxy) is 2. The number of amides is 1. The summed E-state index contributed by atoms with van der Waals surface area (Å²) in [5, 5.41) is 15.6. The van der Waals surface area contributed by atoms with Crippen molar-refractivity contribution in [2.45, 2.75) is 32.5 Å². The van der Waals surface area contributed by atoms with Crippen LogP contribution in [-0.4, -0.2) is 37.5 Å². The standard InChI is InChI=1S/C15H24N2O4/c1-15(2,3)21-14(19)17-10-6-7-13(20-5)11(8-10)12(18)9-16-4/h6-8,12,16,18H,9H2,1-5H3,(H,17,19). The fraction of sp³-hybridized carbons (Fsp3) is 0.533. The lowest BCUT2D eigenvalue weighted by Gasteiger charge is -2.20. The number of carbonyl (C=O) groups excluding carboxylic acids is 1. The Hall–Kier alpha value is -1.79. The fourth-order valence-electron chi connectivity index (χ4n) is 1.80. The maximum Gasteiger partial charge on any atom is 0.412 e. The Morgan fingerprint density at radius 1 is 1.38 bits per heavy atom. The van der Waals surface area contributed by atoms with Gasteiger partial charge in [0.1, 0.15) is 11.4 Å². The van der Waals surface area contributed by atoms with E-state index in [0.717, 1.165) is 0 Å². The molecular weight excluding hydrogens is 272 g/mol. The lowest BCUT2D eigenvalue weighted by atomic mass is 10.1. The Balaban J connectivity index is 2.90. The summed E-state index contributed by atoms with van der Waals surface area (Å²) in [7, 11) is 3.28. The van der Waals surface area contributed by atoms with E-state index in [0.29, 0.717) is 23.5 Å². The van der Waals surface area contributed by atoms with E-state index in [1.54, 1.807) is 46.0 Å². The van der Waals surface area contributed by atoms with E-state index in [4.69, 9.17) is 9.47 Å². The molecule has 0 radical (unpaired) electrons. The number of nitrogens with one attached hydrogen (secondary N) is 2. The largest absolute Gasteiger partial charge is 0.496 e. The van der Waals surface area contributed by atoms with Crippen LogP contribution in [0.5, 0.6) is 5.75 Å². The van der Waals surface area contributed by atoms with E-state index in [9.17, 15) is 9.90 Å². The van der Waals surface area contributed by atoms with E-state index >= 15 is 0 Å². The second-order valence-corrected chi connectivity index (χ2v) is 5.66. The second kappa shape index (κ2) is 7.28. The van der Waals surface area contributed by atoms with Crippen LogP contribution in [0.15, 0.2) is 18.2 Å². The zero-order valence-electron chi connectivity index (χ0n) is 13.2. The lowest BCUT2D eigenvalue weighted by Crippen LogP contribution is -2.27. The molecule has 1 rings (SSSR count). The van der Waals surface area contributed by atoms with Crippen LogP contribution < -0.4 is 15.4 Å². The molecule has 1 amide bonds. The van der Waals surface area contributed by atoms with Crippen molar-refractivity contribution in [3.63, 3.8) is 0 Å². The lowest BCUT2D eigenvalue weighted by molar-refractivity contribution is 0.0636. The molecule has 0 spiro atoms. The van der Waals surface area contributed by atoms with Crippen LogP contribution in [0, 0.1) is 0 Å². The maximum absolute atomic E-state index is 11.7. The number of hydrogen-bond acceptors (Lipinski definition) is 5. The molecule has 1 aromatic carbocycles. The molecule has 0 aliphatic rings. The van der Waals surface area contributed by atoms with E-state index in [2.05, 4.69) is 10.6 Å². The van der Waals surface area contributed by atoms with Gasteiger partial charge < -0.3 is 19.9 Å². The quantitative estimate of drug-likeness (QED) is 0.777. The number of rotatable bonds is 5. The third-order valence-electron chi connectivity index (χ3n) is 2.63. The topological polar surface area (TPSA) is 79.8 Å². The Morgan fingerprint density at radius 3 is 2.57 bits per heavy atom. The van der Waals surface area contributed by atoms with E-state index in [-0.39, 0.29) is 0 Å². The molecule has 3 N–H and O–H groups in total. The molecule has 0 fully saturated rings. The normalized spacial score (nSPS) is 12.7. The fourth-order valence-corrected chi connectivity index (χ4v) is 1.80. The highest BCUT2D eigenvalue weighted by Gasteiger charge is 2.18. The van der Waals surface area contributed by atoms with Crippen molar-refractivity contribution in [3.8, 4) is 5.75 Å². The molecule has 1 atom stereocenters. The van der Waals surface area contributed by atoms with Crippen LogP contribution in [0.1, 0.15) is 32.4 Å². The number of methoxy groups -OCH3 is 1. The highest BCUT2D eigenvalue weighted by Crippen LogP contribution is 2.28. The second-order valence-electron chi connectivity index (χ2n) is 5.66. The van der Waals surface area contributed by atoms with Gasteiger partial charge in [0, 0.05) is 17.8 Å². The molecule has 6 heteroatoms. The van der Waals surface area contributed by atoms with Crippen molar-refractivity contribution < 1.29 is 19.4 Å². The summed E-state index contributed by atoms with van der Waals surface area (Å²) in [6.45, 7) is 5.76. The monoisotopic (exact) mass is 296 g/mol. The molecule has 0 aliphatic carbocycles. The van der Waals surface area contributed by atoms with Crippen molar-refractivity contribution in [3.05, 3.63) is 23.8 Å². The highest BCUT2D eigenvalue weighted by molar-refractivity contribution is 5.85. The van der Waals surface area contributed by atoms with Gasteiger partial charge in [-0.3, -0.25) is 5.32 Å². The molecule has 0 bridgehead atoms. The zero-order valence-corrected chi connectivity index (χ0v) is 13.2. The number of aliphatic hydroxyl groups is 1. The van der Waals surface area contributed by atoms with Gasteiger partial charge in [0.25, 0.3) is 0 Å². The number of carbonyl (C=O) groups is 1. The van der Waals surface area contributed by atoms with Gasteiger partial charge in [-0.1, -0.05) is 0 Å². The highest BCUT2D eigenvalue weighted by atomic mass is 16.6. The van der Waals surface area contributed by atoms with Crippen LogP contribution in [0.2, 0.25) is 0 Å². The molecule has 0 aliphatic heterocycles. The van der Waals surface area contributed by atoms with Crippen molar-refractivity contribution in [1.82, 2.24) is 5.32 Å². The first-order chi connectivity index (χ1) is 9.76. The molecule has 0 heterocycles. The molecule has 0 saturated carbocycles. The van der Waals surface area contributed by atoms with Gasteiger partial charge in [0.2, 0.25) is 0 Å². The van der Waals surface area contributed by atoms with Gasteiger partial charge in [-0.15, -0.1) is 0 Å². The van der Waals surface area contributed by atoms with Crippen molar-refractivity contribution in [2.75, 3.05) is 26.0 Å². The Bertz CT molecular complexity index is 483. The zero-order chi connectivity index (χ0) is 16.0. The Labute approximate surface area is 125 Å². The number of likely N-dealkylation sites (N-methyl/N-ethyl adjacent to an activating group) is 1. The SMILES string of the molecule is CNCC(O)c1cc(NC(=O)OC(C)(C)C)ccc1OC. The minimum atomic E-state index is -0.731. The summed E-state index contributed by atoms with van der Waals surface area (Å²) in [6, 6.07) is 5.06. The Kier molecular flexibility index (Phi) is 5.99.